The number of fused-ring (bicyclic) bond motifs is 1. The van der Waals surface area contributed by atoms with Crippen LogP contribution in [0.1, 0.15) is 37.0 Å². The lowest BCUT2D eigenvalue weighted by Gasteiger charge is -2.35. The van der Waals surface area contributed by atoms with Gasteiger partial charge in [-0.05, 0) is 51.0 Å². The average Bonchev–Trinajstić information content (AvgIpc) is 2.84. The largest absolute Gasteiger partial charge is 0.375 e. The van der Waals surface area contributed by atoms with Crippen molar-refractivity contribution in [3.63, 3.8) is 0 Å². The molecule has 1 saturated heterocycles. The maximum absolute atomic E-state index is 12.3. The van der Waals surface area contributed by atoms with E-state index in [1.165, 1.54) is 0 Å². The van der Waals surface area contributed by atoms with Gasteiger partial charge in [0, 0.05) is 35.3 Å². The molecule has 1 atom stereocenters. The predicted molar refractivity (Wildman–Crippen MR) is 78.8 cm³/mol. The molecule has 2 N–H and O–H groups in total. The second kappa shape index (κ2) is 4.94. The van der Waals surface area contributed by atoms with Crippen molar-refractivity contribution in [1.29, 1.82) is 0 Å². The lowest BCUT2D eigenvalue weighted by atomic mass is 9.93. The van der Waals surface area contributed by atoms with Crippen molar-refractivity contribution in [1.82, 2.24) is 10.3 Å². The number of aromatic amines is 1. The summed E-state index contributed by atoms with van der Waals surface area (Å²) in [5.74, 6) is -0.00389. The number of hydrogen-bond donors (Lipinski definition) is 2. The van der Waals surface area contributed by atoms with E-state index in [2.05, 4.69) is 24.1 Å². The van der Waals surface area contributed by atoms with Crippen LogP contribution in [0.25, 0.3) is 10.9 Å². The highest BCUT2D eigenvalue weighted by Crippen LogP contribution is 2.24. The first-order valence-corrected chi connectivity index (χ1v) is 7.05. The molecular formula is C16H20N2O2. The van der Waals surface area contributed by atoms with Crippen LogP contribution < -0.4 is 5.32 Å². The zero-order chi connectivity index (χ0) is 14.2. The molecule has 20 heavy (non-hydrogen) atoms. The van der Waals surface area contributed by atoms with Gasteiger partial charge in [0.25, 0.3) is 5.91 Å². The topological polar surface area (TPSA) is 54.1 Å². The number of H-pyrrole nitrogens is 1. The first kappa shape index (κ1) is 13.2. The van der Waals surface area contributed by atoms with E-state index in [0.29, 0.717) is 12.2 Å². The molecule has 4 nitrogen and oxygen atoms in total. The van der Waals surface area contributed by atoms with Crippen LogP contribution in [0.4, 0.5) is 0 Å². The van der Waals surface area contributed by atoms with Gasteiger partial charge < -0.3 is 15.0 Å². The molecule has 2 aromatic rings. The molecule has 0 aliphatic carbocycles. The third kappa shape index (κ3) is 2.70. The van der Waals surface area contributed by atoms with Gasteiger partial charge in [0.1, 0.15) is 0 Å². The van der Waals surface area contributed by atoms with Gasteiger partial charge in [-0.1, -0.05) is 0 Å². The minimum Gasteiger partial charge on any atom is -0.375 e. The Hall–Kier alpha value is -1.81. The molecule has 1 amide bonds. The molecule has 4 heteroatoms. The maximum Gasteiger partial charge on any atom is 0.251 e. The summed E-state index contributed by atoms with van der Waals surface area (Å²) in [5, 5.41) is 4.18. The Bertz CT molecular complexity index is 630. The second-order valence-corrected chi connectivity index (χ2v) is 6.05. The number of benzene rings is 1. The molecular weight excluding hydrogens is 252 g/mol. The fourth-order valence-electron chi connectivity index (χ4n) is 2.82. The van der Waals surface area contributed by atoms with E-state index in [4.69, 9.17) is 4.74 Å². The van der Waals surface area contributed by atoms with E-state index in [-0.39, 0.29) is 17.6 Å². The molecule has 3 rings (SSSR count). The Labute approximate surface area is 118 Å². The van der Waals surface area contributed by atoms with Gasteiger partial charge in [-0.3, -0.25) is 4.79 Å². The van der Waals surface area contributed by atoms with E-state index in [1.54, 1.807) is 0 Å². The Kier molecular flexibility index (Phi) is 3.26. The highest BCUT2D eigenvalue weighted by molar-refractivity contribution is 5.98. The average molecular weight is 272 g/mol. The van der Waals surface area contributed by atoms with E-state index in [1.807, 2.05) is 30.5 Å². The molecule has 1 fully saturated rings. The second-order valence-electron chi connectivity index (χ2n) is 6.05. The van der Waals surface area contributed by atoms with Crippen molar-refractivity contribution in [3.8, 4) is 0 Å². The van der Waals surface area contributed by atoms with Gasteiger partial charge in [0.2, 0.25) is 0 Å². The van der Waals surface area contributed by atoms with Crippen molar-refractivity contribution < 1.29 is 9.53 Å². The quantitative estimate of drug-likeness (QED) is 0.883. The van der Waals surface area contributed by atoms with Gasteiger partial charge in [-0.15, -0.1) is 0 Å². The Morgan fingerprint density at radius 3 is 3.05 bits per heavy atom. The summed E-state index contributed by atoms with van der Waals surface area (Å²) in [5.41, 5.74) is 1.61. The summed E-state index contributed by atoms with van der Waals surface area (Å²) in [6.45, 7) is 4.84. The maximum atomic E-state index is 12.3. The Morgan fingerprint density at radius 1 is 1.40 bits per heavy atom. The number of rotatable bonds is 2. The number of nitrogens with one attached hydrogen (secondary N) is 2. The number of carbonyl (C=O) groups excluding carboxylic acids is 1. The molecule has 0 saturated carbocycles. The summed E-state index contributed by atoms with van der Waals surface area (Å²) in [4.78, 5) is 15.5. The molecule has 0 bridgehead atoms. The molecule has 1 aliphatic rings. The number of aromatic nitrogens is 1. The van der Waals surface area contributed by atoms with Crippen LogP contribution in [0, 0.1) is 0 Å². The molecule has 1 aromatic carbocycles. The van der Waals surface area contributed by atoms with Crippen LogP contribution in [-0.4, -0.2) is 29.1 Å². The number of carbonyl (C=O) groups is 1. The summed E-state index contributed by atoms with van der Waals surface area (Å²) >= 11 is 0. The minimum atomic E-state index is -0.152. The normalized spacial score (nSPS) is 21.8. The number of amides is 1. The van der Waals surface area contributed by atoms with Gasteiger partial charge >= 0.3 is 0 Å². The third-order valence-electron chi connectivity index (χ3n) is 3.85. The van der Waals surface area contributed by atoms with Gasteiger partial charge in [-0.25, -0.2) is 0 Å². The van der Waals surface area contributed by atoms with E-state index in [9.17, 15) is 4.79 Å². The first-order chi connectivity index (χ1) is 9.53. The molecule has 0 radical (unpaired) electrons. The van der Waals surface area contributed by atoms with Crippen molar-refractivity contribution >= 4 is 16.8 Å². The summed E-state index contributed by atoms with van der Waals surface area (Å²) < 4.78 is 5.67. The monoisotopic (exact) mass is 272 g/mol. The van der Waals surface area contributed by atoms with E-state index >= 15 is 0 Å². The highest BCUT2D eigenvalue weighted by Gasteiger charge is 2.29. The summed E-state index contributed by atoms with van der Waals surface area (Å²) in [7, 11) is 0. The van der Waals surface area contributed by atoms with Crippen LogP contribution in [0.15, 0.2) is 30.5 Å². The highest BCUT2D eigenvalue weighted by atomic mass is 16.5. The number of hydrogen-bond acceptors (Lipinski definition) is 2. The van der Waals surface area contributed by atoms with Gasteiger partial charge in [0.05, 0.1) is 5.60 Å². The Morgan fingerprint density at radius 2 is 2.25 bits per heavy atom. The number of ether oxygens (including phenoxy) is 1. The van der Waals surface area contributed by atoms with Crippen molar-refractivity contribution in [3.05, 3.63) is 36.0 Å². The summed E-state index contributed by atoms with van der Waals surface area (Å²) in [6, 6.07) is 7.89. The molecule has 1 unspecified atom stereocenters. The summed E-state index contributed by atoms with van der Waals surface area (Å²) in [6.07, 6.45) is 3.61. The molecule has 1 aromatic heterocycles. The lowest BCUT2D eigenvalue weighted by Crippen LogP contribution is -2.45. The minimum absolute atomic E-state index is 0.00389. The smallest absolute Gasteiger partial charge is 0.251 e. The predicted octanol–water partition coefficient (Wildman–Crippen LogP) is 2.86. The van der Waals surface area contributed by atoms with Gasteiger partial charge in [-0.2, -0.15) is 0 Å². The van der Waals surface area contributed by atoms with Crippen LogP contribution in [-0.2, 0) is 4.74 Å². The molecule has 106 valence electrons. The van der Waals surface area contributed by atoms with Gasteiger partial charge in [0.15, 0.2) is 0 Å². The molecule has 0 spiro atoms. The zero-order valence-electron chi connectivity index (χ0n) is 11.9. The zero-order valence-corrected chi connectivity index (χ0v) is 11.9. The third-order valence-corrected chi connectivity index (χ3v) is 3.85. The van der Waals surface area contributed by atoms with Crippen LogP contribution >= 0.6 is 0 Å². The standard InChI is InChI=1S/C16H20N2O2/c1-16(2)10-13(6-8-20-16)18-15(19)12-3-4-14-11(9-12)5-7-17-14/h3-5,7,9,13,17H,6,8,10H2,1-2H3,(H,18,19). The van der Waals surface area contributed by atoms with E-state index < -0.39 is 0 Å². The van der Waals surface area contributed by atoms with Crippen molar-refractivity contribution in [2.45, 2.75) is 38.3 Å². The van der Waals surface area contributed by atoms with E-state index in [0.717, 1.165) is 23.7 Å². The molecule has 2 heterocycles. The molecule has 1 aliphatic heterocycles. The van der Waals surface area contributed by atoms with Crippen LogP contribution in [0.2, 0.25) is 0 Å². The lowest BCUT2D eigenvalue weighted by molar-refractivity contribution is -0.0615. The fourth-order valence-corrected chi connectivity index (χ4v) is 2.82. The fraction of sp³-hybridized carbons (Fsp3) is 0.438. The SMILES string of the molecule is CC1(C)CC(NC(=O)c2ccc3[nH]ccc3c2)CCO1. The van der Waals surface area contributed by atoms with Crippen LogP contribution in [0.5, 0.6) is 0 Å². The van der Waals surface area contributed by atoms with Crippen molar-refractivity contribution in [2.24, 2.45) is 0 Å². The van der Waals surface area contributed by atoms with Crippen LogP contribution in [0.3, 0.4) is 0 Å². The van der Waals surface area contributed by atoms with Crippen molar-refractivity contribution in [2.75, 3.05) is 6.61 Å². The first-order valence-electron chi connectivity index (χ1n) is 7.05. The Balaban J connectivity index is 1.72.